The first-order valence-corrected chi connectivity index (χ1v) is 11.4. The Bertz CT molecular complexity index is 1020. The Morgan fingerprint density at radius 3 is 2.67 bits per heavy atom. The lowest BCUT2D eigenvalue weighted by atomic mass is 9.72. The summed E-state index contributed by atoms with van der Waals surface area (Å²) in [5.74, 6) is -0.576. The van der Waals surface area contributed by atoms with Gasteiger partial charge in [-0.25, -0.2) is 4.79 Å². The number of allylic oxidation sites excluding steroid dienone is 3. The number of ketones is 1. The second-order valence-corrected chi connectivity index (χ2v) is 9.14. The lowest BCUT2D eigenvalue weighted by molar-refractivity contribution is -0.139. The van der Waals surface area contributed by atoms with Crippen LogP contribution in [0.25, 0.3) is 0 Å². The van der Waals surface area contributed by atoms with Crippen molar-refractivity contribution in [2.24, 2.45) is 0 Å². The predicted octanol–water partition coefficient (Wildman–Crippen LogP) is 5.72. The van der Waals surface area contributed by atoms with Gasteiger partial charge in [-0.2, -0.15) is 0 Å². The van der Waals surface area contributed by atoms with Crippen molar-refractivity contribution in [2.75, 3.05) is 6.61 Å². The average molecular weight is 442 g/mol. The van der Waals surface area contributed by atoms with Gasteiger partial charge in [0, 0.05) is 45.1 Å². The highest BCUT2D eigenvalue weighted by molar-refractivity contribution is 7.10. The van der Waals surface area contributed by atoms with E-state index in [0.717, 1.165) is 29.8 Å². The Labute approximate surface area is 185 Å². The Hall–Kier alpha value is -2.37. The Balaban J connectivity index is 1.78. The van der Waals surface area contributed by atoms with Crippen molar-refractivity contribution in [2.45, 2.75) is 44.9 Å². The normalized spacial score (nSPS) is 21.4. The second kappa shape index (κ2) is 8.78. The van der Waals surface area contributed by atoms with Gasteiger partial charge in [0.2, 0.25) is 0 Å². The van der Waals surface area contributed by atoms with E-state index in [2.05, 4.69) is 11.4 Å². The van der Waals surface area contributed by atoms with Crippen LogP contribution in [0.4, 0.5) is 0 Å². The van der Waals surface area contributed by atoms with Crippen molar-refractivity contribution in [3.05, 3.63) is 79.8 Å². The number of dihydropyridines is 1. The lowest BCUT2D eigenvalue weighted by Gasteiger charge is -2.36. The molecule has 4 rings (SSSR count). The van der Waals surface area contributed by atoms with Gasteiger partial charge in [-0.3, -0.25) is 4.79 Å². The highest BCUT2D eigenvalue weighted by Crippen LogP contribution is 2.46. The van der Waals surface area contributed by atoms with Crippen molar-refractivity contribution in [3.8, 4) is 0 Å². The maximum atomic E-state index is 13.4. The van der Waals surface area contributed by atoms with Crippen molar-refractivity contribution in [1.82, 2.24) is 5.32 Å². The van der Waals surface area contributed by atoms with Gasteiger partial charge in [0.05, 0.1) is 12.2 Å². The van der Waals surface area contributed by atoms with Crippen LogP contribution in [0.5, 0.6) is 0 Å². The number of hydrogen-bond acceptors (Lipinski definition) is 5. The standard InChI is InChI=1S/C24H24ClNO3S/c1-3-10-29-24(28)21-14(2)26-18-12-16(20-5-4-11-30-20)13-19(27)23(18)22(21)15-6-8-17(25)9-7-15/h4-9,11,16,22,26H,3,10,12-13H2,1-2H3/t16-,22+/m1/s1. The minimum Gasteiger partial charge on any atom is -0.462 e. The molecule has 0 amide bonds. The van der Waals surface area contributed by atoms with E-state index in [0.29, 0.717) is 29.2 Å². The number of thiophene rings is 1. The number of Topliss-reactive ketones (excluding diaryl/α,β-unsaturated/α-hetero) is 1. The van der Waals surface area contributed by atoms with Crippen LogP contribution in [-0.4, -0.2) is 18.4 Å². The number of halogens is 1. The first-order valence-electron chi connectivity index (χ1n) is 10.2. The molecule has 1 aromatic heterocycles. The third-order valence-corrected chi connectivity index (χ3v) is 6.92. The number of rotatable bonds is 5. The summed E-state index contributed by atoms with van der Waals surface area (Å²) in [6, 6.07) is 11.5. The van der Waals surface area contributed by atoms with Crippen LogP contribution in [0, 0.1) is 0 Å². The molecule has 1 aromatic carbocycles. The molecule has 0 unspecified atom stereocenters. The molecule has 6 heteroatoms. The molecule has 1 N–H and O–H groups in total. The van der Waals surface area contributed by atoms with E-state index < -0.39 is 5.92 Å². The fourth-order valence-corrected chi connectivity index (χ4v) is 5.25. The molecular formula is C24H24ClNO3S. The number of esters is 1. The summed E-state index contributed by atoms with van der Waals surface area (Å²) >= 11 is 7.78. The van der Waals surface area contributed by atoms with Gasteiger partial charge >= 0.3 is 5.97 Å². The largest absolute Gasteiger partial charge is 0.462 e. The predicted molar refractivity (Wildman–Crippen MR) is 120 cm³/mol. The summed E-state index contributed by atoms with van der Waals surface area (Å²) in [6.45, 7) is 4.19. The van der Waals surface area contributed by atoms with Crippen molar-refractivity contribution < 1.29 is 14.3 Å². The number of carbonyl (C=O) groups is 2. The zero-order valence-corrected chi connectivity index (χ0v) is 18.6. The van der Waals surface area contributed by atoms with Gasteiger partial charge in [-0.15, -0.1) is 11.3 Å². The number of nitrogens with one attached hydrogen (secondary N) is 1. The highest BCUT2D eigenvalue weighted by Gasteiger charge is 2.41. The second-order valence-electron chi connectivity index (χ2n) is 7.72. The molecule has 0 saturated carbocycles. The molecule has 2 aromatic rings. The van der Waals surface area contributed by atoms with E-state index in [9.17, 15) is 9.59 Å². The summed E-state index contributed by atoms with van der Waals surface area (Å²) < 4.78 is 5.48. The molecule has 1 aliphatic carbocycles. The van der Waals surface area contributed by atoms with Crippen LogP contribution in [0.1, 0.15) is 55.4 Å². The molecule has 0 radical (unpaired) electrons. The number of ether oxygens (including phenoxy) is 1. The molecule has 2 aliphatic rings. The minimum absolute atomic E-state index is 0.0791. The molecule has 30 heavy (non-hydrogen) atoms. The first-order chi connectivity index (χ1) is 14.5. The third kappa shape index (κ3) is 3.96. The molecular weight excluding hydrogens is 418 g/mol. The number of benzene rings is 1. The summed E-state index contributed by atoms with van der Waals surface area (Å²) in [7, 11) is 0. The van der Waals surface area contributed by atoms with Gasteiger partial charge in [0.25, 0.3) is 0 Å². The van der Waals surface area contributed by atoms with Crippen LogP contribution in [0.2, 0.25) is 5.02 Å². The first kappa shape index (κ1) is 20.9. The van der Waals surface area contributed by atoms with Crippen LogP contribution in [0.3, 0.4) is 0 Å². The molecule has 2 heterocycles. The minimum atomic E-state index is -0.445. The fraction of sp³-hybridized carbons (Fsp3) is 0.333. The maximum Gasteiger partial charge on any atom is 0.336 e. The monoisotopic (exact) mass is 441 g/mol. The van der Waals surface area contributed by atoms with Crippen LogP contribution >= 0.6 is 22.9 Å². The van der Waals surface area contributed by atoms with Gasteiger partial charge in [-0.1, -0.05) is 36.7 Å². The molecule has 0 saturated heterocycles. The summed E-state index contributed by atoms with van der Waals surface area (Å²) in [6.07, 6.45) is 1.94. The fourth-order valence-electron chi connectivity index (χ4n) is 4.30. The zero-order valence-electron chi connectivity index (χ0n) is 17.0. The van der Waals surface area contributed by atoms with Crippen LogP contribution in [0.15, 0.2) is 64.3 Å². The lowest BCUT2D eigenvalue weighted by Crippen LogP contribution is -2.36. The van der Waals surface area contributed by atoms with Gasteiger partial charge in [0.1, 0.15) is 0 Å². The topological polar surface area (TPSA) is 55.4 Å². The Morgan fingerprint density at radius 1 is 1.23 bits per heavy atom. The third-order valence-electron chi connectivity index (χ3n) is 5.63. The highest BCUT2D eigenvalue weighted by atomic mass is 35.5. The van der Waals surface area contributed by atoms with E-state index in [1.807, 2.05) is 37.4 Å². The van der Waals surface area contributed by atoms with Gasteiger partial charge < -0.3 is 10.1 Å². The van der Waals surface area contributed by atoms with E-state index in [4.69, 9.17) is 16.3 Å². The molecule has 1 aliphatic heterocycles. The molecule has 0 bridgehead atoms. The smallest absolute Gasteiger partial charge is 0.336 e. The van der Waals surface area contributed by atoms with Gasteiger partial charge in [0.15, 0.2) is 5.78 Å². The average Bonchev–Trinajstić information content (AvgIpc) is 3.26. The van der Waals surface area contributed by atoms with Crippen molar-refractivity contribution in [1.29, 1.82) is 0 Å². The summed E-state index contributed by atoms with van der Waals surface area (Å²) in [4.78, 5) is 27.6. The van der Waals surface area contributed by atoms with E-state index >= 15 is 0 Å². The van der Waals surface area contributed by atoms with Gasteiger partial charge in [-0.05, 0) is 48.9 Å². The summed E-state index contributed by atoms with van der Waals surface area (Å²) in [5.41, 5.74) is 3.72. The SMILES string of the molecule is CCCOC(=O)C1=C(C)NC2=C(C(=O)C[C@H](c3cccs3)C2)[C@H]1c1ccc(Cl)cc1. The molecule has 2 atom stereocenters. The zero-order chi connectivity index (χ0) is 21.3. The number of carbonyl (C=O) groups excluding carboxylic acids is 2. The van der Waals surface area contributed by atoms with E-state index in [-0.39, 0.29) is 17.7 Å². The quantitative estimate of drug-likeness (QED) is 0.603. The Morgan fingerprint density at radius 2 is 2.00 bits per heavy atom. The molecule has 0 fully saturated rings. The van der Waals surface area contributed by atoms with E-state index in [1.54, 1.807) is 23.5 Å². The Kier molecular flexibility index (Phi) is 6.11. The number of hydrogen-bond donors (Lipinski definition) is 1. The molecule has 0 spiro atoms. The van der Waals surface area contributed by atoms with Crippen molar-refractivity contribution in [3.63, 3.8) is 0 Å². The van der Waals surface area contributed by atoms with Crippen molar-refractivity contribution >= 4 is 34.7 Å². The molecule has 156 valence electrons. The summed E-state index contributed by atoms with van der Waals surface area (Å²) in [5, 5.41) is 6.03. The van der Waals surface area contributed by atoms with E-state index in [1.165, 1.54) is 4.88 Å². The van der Waals surface area contributed by atoms with Crippen LogP contribution in [-0.2, 0) is 14.3 Å². The maximum absolute atomic E-state index is 13.4. The van der Waals surface area contributed by atoms with Crippen LogP contribution < -0.4 is 5.32 Å². The molecule has 4 nitrogen and oxygen atoms in total.